The first-order valence-electron chi connectivity index (χ1n) is 8.28. The number of halogens is 1. The van der Waals surface area contributed by atoms with Gasteiger partial charge in [-0.15, -0.1) is 5.10 Å². The predicted molar refractivity (Wildman–Crippen MR) is 99.2 cm³/mol. The van der Waals surface area contributed by atoms with Gasteiger partial charge >= 0.3 is 5.97 Å². The molecule has 0 unspecified atom stereocenters. The molecule has 9 heteroatoms. The second-order valence-corrected chi connectivity index (χ2v) is 5.68. The Morgan fingerprint density at radius 3 is 2.54 bits per heavy atom. The van der Waals surface area contributed by atoms with Crippen LogP contribution in [0.5, 0.6) is 0 Å². The topological polar surface area (TPSA) is 99.0 Å². The summed E-state index contributed by atoms with van der Waals surface area (Å²) in [5.74, 6) is -1.69. The van der Waals surface area contributed by atoms with Crippen LogP contribution in [0.15, 0.2) is 54.6 Å². The van der Waals surface area contributed by atoms with Crippen LogP contribution in [0.3, 0.4) is 0 Å². The second-order valence-electron chi connectivity index (χ2n) is 5.68. The first-order chi connectivity index (χ1) is 13.5. The number of nitrogens with zero attached hydrogens (tertiary/aromatic N) is 4. The highest BCUT2D eigenvalue weighted by atomic mass is 19.1. The highest BCUT2D eigenvalue weighted by molar-refractivity contribution is 6.15. The van der Waals surface area contributed by atoms with E-state index in [1.165, 1.54) is 22.9 Å². The normalized spacial score (nSPS) is 11.1. The number of tetrazole rings is 1. The van der Waals surface area contributed by atoms with E-state index < -0.39 is 24.3 Å². The number of anilines is 1. The molecule has 2 aromatic carbocycles. The standard InChI is InChI=1S/C19H16FN5O3/c1-13-22-23-24-25(13)17(11-14-7-3-2-4-8-14)19(27)28-12-18(26)21-16-10-6-5-9-15(16)20/h2-11H,12H2,1H3,(H,21,26)/b17-11-. The Labute approximate surface area is 159 Å². The number of carbonyl (C=O) groups excluding carboxylic acids is 2. The van der Waals surface area contributed by atoms with Crippen LogP contribution >= 0.6 is 0 Å². The average molecular weight is 381 g/mol. The third kappa shape index (κ3) is 4.64. The summed E-state index contributed by atoms with van der Waals surface area (Å²) >= 11 is 0. The van der Waals surface area contributed by atoms with Gasteiger partial charge in [-0.05, 0) is 41.1 Å². The number of amides is 1. The Morgan fingerprint density at radius 1 is 1.14 bits per heavy atom. The van der Waals surface area contributed by atoms with Crippen molar-refractivity contribution in [3.8, 4) is 0 Å². The number of aromatic nitrogens is 4. The largest absolute Gasteiger partial charge is 0.451 e. The molecule has 28 heavy (non-hydrogen) atoms. The monoisotopic (exact) mass is 381 g/mol. The van der Waals surface area contributed by atoms with Gasteiger partial charge in [0.2, 0.25) is 0 Å². The fourth-order valence-electron chi connectivity index (χ4n) is 2.32. The van der Waals surface area contributed by atoms with Gasteiger partial charge in [0.15, 0.2) is 18.1 Å². The molecule has 0 spiro atoms. The van der Waals surface area contributed by atoms with Crippen molar-refractivity contribution < 1.29 is 18.7 Å². The van der Waals surface area contributed by atoms with Gasteiger partial charge in [-0.3, -0.25) is 4.79 Å². The van der Waals surface area contributed by atoms with Crippen LogP contribution in [0, 0.1) is 12.7 Å². The van der Waals surface area contributed by atoms with Gasteiger partial charge in [0.25, 0.3) is 5.91 Å². The third-order valence-corrected chi connectivity index (χ3v) is 3.65. The molecule has 142 valence electrons. The number of rotatable bonds is 6. The summed E-state index contributed by atoms with van der Waals surface area (Å²) < 4.78 is 19.9. The van der Waals surface area contributed by atoms with Crippen molar-refractivity contribution in [1.29, 1.82) is 0 Å². The van der Waals surface area contributed by atoms with E-state index in [0.29, 0.717) is 5.82 Å². The first kappa shape index (κ1) is 18.9. The molecule has 0 aliphatic rings. The number of hydrogen-bond donors (Lipinski definition) is 1. The van der Waals surface area contributed by atoms with Gasteiger partial charge in [-0.2, -0.15) is 4.68 Å². The molecule has 1 amide bonds. The Kier molecular flexibility index (Phi) is 5.85. The molecule has 0 radical (unpaired) electrons. The summed E-state index contributed by atoms with van der Waals surface area (Å²) in [6.45, 7) is 1.03. The van der Waals surface area contributed by atoms with Gasteiger partial charge in [0.05, 0.1) is 5.69 Å². The van der Waals surface area contributed by atoms with Crippen LogP contribution in [-0.2, 0) is 14.3 Å². The minimum absolute atomic E-state index is 0.0000733. The molecular weight excluding hydrogens is 365 g/mol. The summed E-state index contributed by atoms with van der Waals surface area (Å²) in [5.41, 5.74) is 0.757. The fraction of sp³-hybridized carbons (Fsp3) is 0.105. The maximum Gasteiger partial charge on any atom is 0.357 e. The van der Waals surface area contributed by atoms with E-state index in [2.05, 4.69) is 20.8 Å². The Balaban J connectivity index is 1.73. The number of esters is 1. The van der Waals surface area contributed by atoms with Gasteiger partial charge in [0, 0.05) is 0 Å². The van der Waals surface area contributed by atoms with E-state index in [4.69, 9.17) is 4.74 Å². The van der Waals surface area contributed by atoms with Crippen molar-refractivity contribution in [2.24, 2.45) is 0 Å². The van der Waals surface area contributed by atoms with Gasteiger partial charge in [-0.25, -0.2) is 9.18 Å². The number of hydrogen-bond acceptors (Lipinski definition) is 6. The molecule has 0 aliphatic carbocycles. The van der Waals surface area contributed by atoms with Crippen molar-refractivity contribution in [3.05, 3.63) is 71.8 Å². The lowest BCUT2D eigenvalue weighted by atomic mass is 10.2. The molecule has 8 nitrogen and oxygen atoms in total. The fourth-order valence-corrected chi connectivity index (χ4v) is 2.32. The van der Waals surface area contributed by atoms with Crippen LogP contribution in [0.2, 0.25) is 0 Å². The predicted octanol–water partition coefficient (Wildman–Crippen LogP) is 2.30. The minimum atomic E-state index is -0.803. The summed E-state index contributed by atoms with van der Waals surface area (Å²) in [6.07, 6.45) is 1.54. The first-order valence-corrected chi connectivity index (χ1v) is 8.28. The molecule has 0 fully saturated rings. The van der Waals surface area contributed by atoms with Gasteiger partial charge in [0.1, 0.15) is 5.82 Å². The van der Waals surface area contributed by atoms with Crippen LogP contribution in [-0.4, -0.2) is 38.7 Å². The van der Waals surface area contributed by atoms with Gasteiger partial charge < -0.3 is 10.1 Å². The lowest BCUT2D eigenvalue weighted by molar-refractivity contribution is -0.141. The number of para-hydroxylation sites is 1. The van der Waals surface area contributed by atoms with E-state index in [1.807, 2.05) is 18.2 Å². The number of ether oxygens (including phenoxy) is 1. The molecule has 0 atom stereocenters. The molecule has 0 bridgehead atoms. The van der Waals surface area contributed by atoms with E-state index in [1.54, 1.807) is 31.2 Å². The highest BCUT2D eigenvalue weighted by Crippen LogP contribution is 2.15. The van der Waals surface area contributed by atoms with Crippen LogP contribution < -0.4 is 5.32 Å². The van der Waals surface area contributed by atoms with Crippen molar-refractivity contribution in [2.75, 3.05) is 11.9 Å². The highest BCUT2D eigenvalue weighted by Gasteiger charge is 2.19. The molecule has 0 aliphatic heterocycles. The van der Waals surface area contributed by atoms with Gasteiger partial charge in [-0.1, -0.05) is 42.5 Å². The Hall–Kier alpha value is -3.88. The Morgan fingerprint density at radius 2 is 1.86 bits per heavy atom. The lowest BCUT2D eigenvalue weighted by Gasteiger charge is -2.10. The summed E-state index contributed by atoms with van der Waals surface area (Å²) in [6, 6.07) is 14.7. The molecule has 3 rings (SSSR count). The molecular formula is C19H16FN5O3. The molecule has 0 saturated carbocycles. The Bertz CT molecular complexity index is 1020. The van der Waals surface area contributed by atoms with Crippen molar-refractivity contribution in [1.82, 2.24) is 20.2 Å². The second kappa shape index (κ2) is 8.67. The SMILES string of the molecule is Cc1nnnn1/C(=C\c1ccccc1)C(=O)OCC(=O)Nc1ccccc1F. The number of carbonyl (C=O) groups is 2. The average Bonchev–Trinajstić information content (AvgIpc) is 3.12. The van der Waals surface area contributed by atoms with Crippen LogP contribution in [0.4, 0.5) is 10.1 Å². The quantitative estimate of drug-likeness (QED) is 0.520. The minimum Gasteiger partial charge on any atom is -0.451 e. The maximum atomic E-state index is 13.6. The molecule has 1 aromatic heterocycles. The molecule has 1 N–H and O–H groups in total. The van der Waals surface area contributed by atoms with Crippen LogP contribution in [0.1, 0.15) is 11.4 Å². The van der Waals surface area contributed by atoms with E-state index in [0.717, 1.165) is 5.56 Å². The molecule has 1 heterocycles. The zero-order valence-electron chi connectivity index (χ0n) is 14.9. The molecule has 3 aromatic rings. The van der Waals surface area contributed by atoms with Crippen molar-refractivity contribution in [3.63, 3.8) is 0 Å². The maximum absolute atomic E-state index is 13.6. The van der Waals surface area contributed by atoms with E-state index in [9.17, 15) is 14.0 Å². The van der Waals surface area contributed by atoms with Crippen molar-refractivity contribution >= 4 is 29.3 Å². The smallest absolute Gasteiger partial charge is 0.357 e. The third-order valence-electron chi connectivity index (χ3n) is 3.65. The number of nitrogens with one attached hydrogen (secondary N) is 1. The van der Waals surface area contributed by atoms with Crippen LogP contribution in [0.25, 0.3) is 11.8 Å². The summed E-state index contributed by atoms with van der Waals surface area (Å²) in [4.78, 5) is 24.5. The molecule has 0 saturated heterocycles. The van der Waals surface area contributed by atoms with Crippen molar-refractivity contribution in [2.45, 2.75) is 6.92 Å². The summed E-state index contributed by atoms with van der Waals surface area (Å²) in [5, 5.41) is 13.4. The summed E-state index contributed by atoms with van der Waals surface area (Å²) in [7, 11) is 0. The zero-order valence-corrected chi connectivity index (χ0v) is 14.9. The number of aryl methyl sites for hydroxylation is 1. The number of benzene rings is 2. The van der Waals surface area contributed by atoms with E-state index in [-0.39, 0.29) is 11.4 Å². The zero-order chi connectivity index (χ0) is 19.9. The van der Waals surface area contributed by atoms with E-state index >= 15 is 0 Å². The lowest BCUT2D eigenvalue weighted by Crippen LogP contribution is -2.23.